The SMILES string of the molecule is CN1CCN(Cc2ccc(C(F)(F)F)cc2NC(=O)Nc2ccc(Oc3cc(NC(=O)C4CC4)ncn3)cc2)CC1. The summed E-state index contributed by atoms with van der Waals surface area (Å²) in [7, 11) is 2.02. The van der Waals surface area contributed by atoms with Crippen molar-refractivity contribution in [3.63, 3.8) is 0 Å². The van der Waals surface area contributed by atoms with E-state index >= 15 is 0 Å². The van der Waals surface area contributed by atoms with Crippen molar-refractivity contribution in [1.29, 1.82) is 0 Å². The molecule has 0 atom stereocenters. The van der Waals surface area contributed by atoms with Crippen molar-refractivity contribution in [2.45, 2.75) is 25.6 Å². The Morgan fingerprint density at radius 3 is 2.37 bits per heavy atom. The van der Waals surface area contributed by atoms with Gasteiger partial charge in [0.15, 0.2) is 0 Å². The van der Waals surface area contributed by atoms with E-state index in [4.69, 9.17) is 4.74 Å². The van der Waals surface area contributed by atoms with E-state index in [2.05, 4.69) is 35.7 Å². The van der Waals surface area contributed by atoms with Gasteiger partial charge in [-0.15, -0.1) is 0 Å². The minimum absolute atomic E-state index is 0.0312. The van der Waals surface area contributed by atoms with E-state index in [-0.39, 0.29) is 23.4 Å². The maximum atomic E-state index is 13.4. The van der Waals surface area contributed by atoms with Gasteiger partial charge in [0, 0.05) is 56.1 Å². The Bertz CT molecular complexity index is 1390. The van der Waals surface area contributed by atoms with Gasteiger partial charge in [-0.05, 0) is 61.9 Å². The highest BCUT2D eigenvalue weighted by Gasteiger charge is 2.32. The van der Waals surface area contributed by atoms with Crippen LogP contribution in [0.1, 0.15) is 24.0 Å². The van der Waals surface area contributed by atoms with Gasteiger partial charge in [0.2, 0.25) is 11.8 Å². The molecule has 3 N–H and O–H groups in total. The lowest BCUT2D eigenvalue weighted by Crippen LogP contribution is -2.44. The molecular formula is C28H30F3N7O3. The summed E-state index contributed by atoms with van der Waals surface area (Å²) in [5.41, 5.74) is 0.266. The Morgan fingerprint density at radius 1 is 0.951 bits per heavy atom. The molecule has 5 rings (SSSR count). The lowest BCUT2D eigenvalue weighted by atomic mass is 10.1. The molecule has 0 unspecified atom stereocenters. The van der Waals surface area contributed by atoms with Gasteiger partial charge in [-0.3, -0.25) is 9.69 Å². The normalized spacial score (nSPS) is 16.2. The molecule has 2 fully saturated rings. The summed E-state index contributed by atoms with van der Waals surface area (Å²) in [6.45, 7) is 3.70. The second-order valence-electron chi connectivity index (χ2n) is 10.2. The van der Waals surface area contributed by atoms with Crippen molar-refractivity contribution < 1.29 is 27.5 Å². The van der Waals surface area contributed by atoms with E-state index in [1.54, 1.807) is 24.3 Å². The Kier molecular flexibility index (Phi) is 8.36. The first-order chi connectivity index (χ1) is 19.6. The zero-order valence-electron chi connectivity index (χ0n) is 22.4. The van der Waals surface area contributed by atoms with Crippen molar-refractivity contribution in [2.24, 2.45) is 5.92 Å². The molecular weight excluding hydrogens is 539 g/mol. The molecule has 1 aromatic heterocycles. The molecule has 2 heterocycles. The van der Waals surface area contributed by atoms with Crippen LogP contribution in [0.25, 0.3) is 0 Å². The van der Waals surface area contributed by atoms with Crippen molar-refractivity contribution in [2.75, 3.05) is 49.2 Å². The first kappa shape index (κ1) is 28.3. The number of benzene rings is 2. The number of halogens is 3. The van der Waals surface area contributed by atoms with Gasteiger partial charge in [-0.25, -0.2) is 14.8 Å². The molecule has 13 heteroatoms. The number of likely N-dealkylation sites (N-methyl/N-ethyl adjacent to an activating group) is 1. The number of nitrogens with one attached hydrogen (secondary N) is 3. The number of ether oxygens (including phenoxy) is 1. The van der Waals surface area contributed by atoms with Gasteiger partial charge >= 0.3 is 12.2 Å². The number of hydrogen-bond acceptors (Lipinski definition) is 7. The third kappa shape index (κ3) is 7.92. The quantitative estimate of drug-likeness (QED) is 0.349. The van der Waals surface area contributed by atoms with Crippen LogP contribution in [0.5, 0.6) is 11.6 Å². The van der Waals surface area contributed by atoms with E-state index in [9.17, 15) is 22.8 Å². The van der Waals surface area contributed by atoms with Gasteiger partial charge in [0.25, 0.3) is 0 Å². The molecule has 1 aliphatic carbocycles. The molecule has 0 spiro atoms. The van der Waals surface area contributed by atoms with Crippen LogP contribution in [0.15, 0.2) is 54.9 Å². The minimum atomic E-state index is -4.54. The van der Waals surface area contributed by atoms with Crippen LogP contribution in [0.3, 0.4) is 0 Å². The van der Waals surface area contributed by atoms with Crippen LogP contribution >= 0.6 is 0 Å². The summed E-state index contributed by atoms with van der Waals surface area (Å²) in [6, 6.07) is 10.6. The van der Waals surface area contributed by atoms with Crippen molar-refractivity contribution >= 4 is 29.1 Å². The zero-order valence-corrected chi connectivity index (χ0v) is 22.4. The predicted molar refractivity (Wildman–Crippen MR) is 147 cm³/mol. The molecule has 0 bridgehead atoms. The van der Waals surface area contributed by atoms with Crippen LogP contribution in [0.4, 0.5) is 35.2 Å². The van der Waals surface area contributed by atoms with E-state index in [0.717, 1.165) is 51.2 Å². The Labute approximate surface area is 234 Å². The number of carbonyl (C=O) groups is 2. The number of piperazine rings is 1. The standard InChI is InChI=1S/C28H30F3N7O3/c1-37-10-12-38(13-11-37)16-19-4-5-20(28(29,30)31)14-23(19)35-27(40)34-21-6-8-22(9-7-21)41-25-15-24(32-17-33-25)36-26(39)18-2-3-18/h4-9,14-15,17-18H,2-3,10-13,16H2,1H3,(H2,34,35,40)(H,32,33,36,39). The Hall–Kier alpha value is -4.23. The number of hydrogen-bond donors (Lipinski definition) is 3. The molecule has 41 heavy (non-hydrogen) atoms. The molecule has 2 aromatic carbocycles. The number of nitrogens with zero attached hydrogens (tertiary/aromatic N) is 4. The van der Waals surface area contributed by atoms with Crippen LogP contribution in [0, 0.1) is 5.92 Å². The van der Waals surface area contributed by atoms with Gasteiger partial charge < -0.3 is 25.6 Å². The van der Waals surface area contributed by atoms with Crippen LogP contribution in [-0.2, 0) is 17.5 Å². The summed E-state index contributed by atoms with van der Waals surface area (Å²) in [5, 5.41) is 7.96. The summed E-state index contributed by atoms with van der Waals surface area (Å²) >= 11 is 0. The fourth-order valence-electron chi connectivity index (χ4n) is 4.30. The minimum Gasteiger partial charge on any atom is -0.439 e. The van der Waals surface area contributed by atoms with E-state index in [1.165, 1.54) is 18.5 Å². The zero-order chi connectivity index (χ0) is 29.0. The highest BCUT2D eigenvalue weighted by molar-refractivity contribution is 6.00. The average Bonchev–Trinajstić information content (AvgIpc) is 3.78. The maximum Gasteiger partial charge on any atom is 0.416 e. The Morgan fingerprint density at radius 2 is 1.68 bits per heavy atom. The fraction of sp³-hybridized carbons (Fsp3) is 0.357. The summed E-state index contributed by atoms with van der Waals surface area (Å²) in [5.74, 6) is 0.926. The van der Waals surface area contributed by atoms with Crippen molar-refractivity contribution in [3.8, 4) is 11.6 Å². The largest absolute Gasteiger partial charge is 0.439 e. The summed E-state index contributed by atoms with van der Waals surface area (Å²) < 4.78 is 46.0. The van der Waals surface area contributed by atoms with E-state index < -0.39 is 17.8 Å². The third-order valence-electron chi connectivity index (χ3n) is 6.85. The van der Waals surface area contributed by atoms with Crippen LogP contribution in [0.2, 0.25) is 0 Å². The lowest BCUT2D eigenvalue weighted by molar-refractivity contribution is -0.137. The van der Waals surface area contributed by atoms with Crippen molar-refractivity contribution in [1.82, 2.24) is 19.8 Å². The average molecular weight is 570 g/mol. The maximum absolute atomic E-state index is 13.4. The molecule has 1 aliphatic heterocycles. The number of alkyl halides is 3. The molecule has 10 nitrogen and oxygen atoms in total. The van der Waals surface area contributed by atoms with Crippen molar-refractivity contribution in [3.05, 3.63) is 66.0 Å². The number of anilines is 3. The van der Waals surface area contributed by atoms with Gasteiger partial charge in [-0.1, -0.05) is 6.07 Å². The number of carbonyl (C=O) groups excluding carboxylic acids is 2. The monoisotopic (exact) mass is 569 g/mol. The topological polar surface area (TPSA) is 112 Å². The second kappa shape index (κ2) is 12.1. The molecule has 3 aromatic rings. The number of urea groups is 1. The first-order valence-electron chi connectivity index (χ1n) is 13.2. The second-order valence-corrected chi connectivity index (χ2v) is 10.2. The molecule has 1 saturated carbocycles. The first-order valence-corrected chi connectivity index (χ1v) is 13.2. The predicted octanol–water partition coefficient (Wildman–Crippen LogP) is 5.03. The van der Waals surface area contributed by atoms with Crippen LogP contribution < -0.4 is 20.7 Å². The smallest absolute Gasteiger partial charge is 0.416 e. The molecule has 2 aliphatic rings. The Balaban J connectivity index is 1.21. The van der Waals surface area contributed by atoms with E-state index in [0.29, 0.717) is 29.4 Å². The lowest BCUT2D eigenvalue weighted by Gasteiger charge is -2.32. The van der Waals surface area contributed by atoms with Crippen LogP contribution in [-0.4, -0.2) is 64.9 Å². The highest BCUT2D eigenvalue weighted by atomic mass is 19.4. The van der Waals surface area contributed by atoms with Gasteiger partial charge in [0.1, 0.15) is 17.9 Å². The number of rotatable bonds is 8. The highest BCUT2D eigenvalue weighted by Crippen LogP contribution is 2.33. The summed E-state index contributed by atoms with van der Waals surface area (Å²) in [6.07, 6.45) is -1.51. The third-order valence-corrected chi connectivity index (χ3v) is 6.85. The molecule has 216 valence electrons. The fourth-order valence-corrected chi connectivity index (χ4v) is 4.30. The summed E-state index contributed by atoms with van der Waals surface area (Å²) in [4.78, 5) is 37.1. The molecule has 0 radical (unpaired) electrons. The molecule has 3 amide bonds. The van der Waals surface area contributed by atoms with E-state index in [1.807, 2.05) is 7.05 Å². The van der Waals surface area contributed by atoms with Gasteiger partial charge in [0.05, 0.1) is 5.56 Å². The molecule has 1 saturated heterocycles. The number of amides is 3. The number of aromatic nitrogens is 2. The van der Waals surface area contributed by atoms with Gasteiger partial charge in [-0.2, -0.15) is 13.2 Å².